The van der Waals surface area contributed by atoms with Crippen molar-refractivity contribution in [3.8, 4) is 10.6 Å². The topological polar surface area (TPSA) is 50.2 Å². The molecule has 2 aromatic rings. The predicted octanol–water partition coefficient (Wildman–Crippen LogP) is 3.91. The first kappa shape index (κ1) is 13.7. The maximum Gasteiger partial charge on any atom is 0.347 e. The van der Waals surface area contributed by atoms with Crippen molar-refractivity contribution >= 4 is 17.3 Å². The van der Waals surface area contributed by atoms with Gasteiger partial charge in [0.1, 0.15) is 15.7 Å². The SMILES string of the molecule is CCCc1nc(-c2cc(C)ccc2F)sc1C(=O)O. The lowest BCUT2D eigenvalue weighted by atomic mass is 10.1. The molecule has 3 nitrogen and oxygen atoms in total. The van der Waals surface area contributed by atoms with E-state index in [1.165, 1.54) is 6.07 Å². The minimum Gasteiger partial charge on any atom is -0.477 e. The quantitative estimate of drug-likeness (QED) is 0.923. The zero-order valence-electron chi connectivity index (χ0n) is 10.7. The van der Waals surface area contributed by atoms with Crippen molar-refractivity contribution in [3.05, 3.63) is 40.2 Å². The predicted molar refractivity (Wildman–Crippen MR) is 73.2 cm³/mol. The van der Waals surface area contributed by atoms with Crippen molar-refractivity contribution in [2.75, 3.05) is 0 Å². The van der Waals surface area contributed by atoms with Crippen LogP contribution >= 0.6 is 11.3 Å². The number of hydrogen-bond acceptors (Lipinski definition) is 3. The molecule has 5 heteroatoms. The number of carbonyl (C=O) groups is 1. The van der Waals surface area contributed by atoms with Gasteiger partial charge in [-0.1, -0.05) is 25.0 Å². The van der Waals surface area contributed by atoms with Crippen molar-refractivity contribution in [1.29, 1.82) is 0 Å². The molecule has 0 aliphatic rings. The van der Waals surface area contributed by atoms with Gasteiger partial charge in [-0.05, 0) is 25.5 Å². The summed E-state index contributed by atoms with van der Waals surface area (Å²) in [5.41, 5.74) is 1.83. The van der Waals surface area contributed by atoms with E-state index in [0.717, 1.165) is 23.3 Å². The van der Waals surface area contributed by atoms with E-state index in [1.54, 1.807) is 12.1 Å². The lowest BCUT2D eigenvalue weighted by Crippen LogP contribution is -1.98. The second-order valence-corrected chi connectivity index (χ2v) is 5.33. The summed E-state index contributed by atoms with van der Waals surface area (Å²) in [6, 6.07) is 4.75. The van der Waals surface area contributed by atoms with Crippen molar-refractivity contribution < 1.29 is 14.3 Å². The number of aromatic nitrogens is 1. The third kappa shape index (κ3) is 2.81. The zero-order valence-corrected chi connectivity index (χ0v) is 11.6. The molecular weight excluding hydrogens is 265 g/mol. The first-order chi connectivity index (χ1) is 9.02. The Morgan fingerprint density at radius 3 is 2.84 bits per heavy atom. The minimum atomic E-state index is -1.000. The van der Waals surface area contributed by atoms with Crippen molar-refractivity contribution in [3.63, 3.8) is 0 Å². The second kappa shape index (κ2) is 5.48. The fraction of sp³-hybridized carbons (Fsp3) is 0.286. The van der Waals surface area contributed by atoms with Crippen molar-refractivity contribution in [2.45, 2.75) is 26.7 Å². The molecule has 1 heterocycles. The number of thiazole rings is 1. The Bertz CT molecular complexity index is 622. The molecule has 0 radical (unpaired) electrons. The highest BCUT2D eigenvalue weighted by Gasteiger charge is 2.19. The fourth-order valence-electron chi connectivity index (χ4n) is 1.84. The summed E-state index contributed by atoms with van der Waals surface area (Å²) in [5.74, 6) is -1.38. The van der Waals surface area contributed by atoms with E-state index in [-0.39, 0.29) is 10.7 Å². The van der Waals surface area contributed by atoms with E-state index in [2.05, 4.69) is 4.98 Å². The molecule has 0 aliphatic heterocycles. The van der Waals surface area contributed by atoms with Gasteiger partial charge in [0, 0.05) is 5.56 Å². The van der Waals surface area contributed by atoms with Crippen LogP contribution in [0.25, 0.3) is 10.6 Å². The van der Waals surface area contributed by atoms with Crippen LogP contribution in [0.4, 0.5) is 4.39 Å². The third-order valence-corrected chi connectivity index (χ3v) is 3.85. The van der Waals surface area contributed by atoms with Crippen LogP contribution in [0, 0.1) is 12.7 Å². The van der Waals surface area contributed by atoms with Gasteiger partial charge in [-0.15, -0.1) is 11.3 Å². The maximum absolute atomic E-state index is 13.8. The molecule has 0 saturated carbocycles. The molecule has 0 fully saturated rings. The number of rotatable bonds is 4. The van der Waals surface area contributed by atoms with E-state index in [9.17, 15) is 9.18 Å². The summed E-state index contributed by atoms with van der Waals surface area (Å²) in [6.45, 7) is 3.82. The molecule has 0 amide bonds. The Kier molecular flexibility index (Phi) is 3.95. The van der Waals surface area contributed by atoms with Gasteiger partial charge in [-0.3, -0.25) is 0 Å². The Balaban J connectivity index is 2.53. The molecule has 0 bridgehead atoms. The Labute approximate surface area is 114 Å². The van der Waals surface area contributed by atoms with E-state index < -0.39 is 5.97 Å². The van der Waals surface area contributed by atoms with Gasteiger partial charge in [-0.25, -0.2) is 14.2 Å². The molecule has 0 atom stereocenters. The lowest BCUT2D eigenvalue weighted by molar-refractivity contribution is 0.0700. The highest BCUT2D eigenvalue weighted by atomic mass is 32.1. The highest BCUT2D eigenvalue weighted by molar-refractivity contribution is 7.17. The summed E-state index contributed by atoms with van der Waals surface area (Å²) in [6.07, 6.45) is 1.39. The number of hydrogen-bond donors (Lipinski definition) is 1. The summed E-state index contributed by atoms with van der Waals surface area (Å²) in [4.78, 5) is 15.7. The molecule has 100 valence electrons. The normalized spacial score (nSPS) is 10.7. The molecular formula is C14H14FNO2S. The van der Waals surface area contributed by atoms with Gasteiger partial charge in [0.2, 0.25) is 0 Å². The van der Waals surface area contributed by atoms with Crippen LogP contribution in [0.15, 0.2) is 18.2 Å². The van der Waals surface area contributed by atoms with Crippen LogP contribution in [0.5, 0.6) is 0 Å². The highest BCUT2D eigenvalue weighted by Crippen LogP contribution is 2.31. The minimum absolute atomic E-state index is 0.206. The number of nitrogens with zero attached hydrogens (tertiary/aromatic N) is 1. The first-order valence-corrected chi connectivity index (χ1v) is 6.84. The van der Waals surface area contributed by atoms with E-state index >= 15 is 0 Å². The smallest absolute Gasteiger partial charge is 0.347 e. The molecule has 1 N–H and O–H groups in total. The first-order valence-electron chi connectivity index (χ1n) is 6.02. The molecule has 0 aliphatic carbocycles. The molecule has 0 saturated heterocycles. The standard InChI is InChI=1S/C14H14FNO2S/c1-3-4-11-12(14(17)18)19-13(16-11)9-7-8(2)5-6-10(9)15/h5-7H,3-4H2,1-2H3,(H,17,18). The number of halogens is 1. The van der Waals surface area contributed by atoms with Gasteiger partial charge in [-0.2, -0.15) is 0 Å². The van der Waals surface area contributed by atoms with Crippen LogP contribution in [0.3, 0.4) is 0 Å². The number of aryl methyl sites for hydroxylation is 2. The summed E-state index contributed by atoms with van der Waals surface area (Å²) in [7, 11) is 0. The average molecular weight is 279 g/mol. The summed E-state index contributed by atoms with van der Waals surface area (Å²) in [5, 5.41) is 9.59. The Hall–Kier alpha value is -1.75. The third-order valence-electron chi connectivity index (χ3n) is 2.73. The van der Waals surface area contributed by atoms with Crippen LogP contribution in [-0.4, -0.2) is 16.1 Å². The van der Waals surface area contributed by atoms with Crippen LogP contribution < -0.4 is 0 Å². The molecule has 19 heavy (non-hydrogen) atoms. The molecule has 0 unspecified atom stereocenters. The van der Waals surface area contributed by atoms with Gasteiger partial charge in [0.15, 0.2) is 0 Å². The molecule has 0 spiro atoms. The average Bonchev–Trinajstić information content (AvgIpc) is 2.77. The Morgan fingerprint density at radius 2 is 2.21 bits per heavy atom. The Morgan fingerprint density at radius 1 is 1.47 bits per heavy atom. The van der Waals surface area contributed by atoms with E-state index in [4.69, 9.17) is 5.11 Å². The maximum atomic E-state index is 13.8. The zero-order chi connectivity index (χ0) is 14.0. The number of benzene rings is 1. The summed E-state index contributed by atoms with van der Waals surface area (Å²) < 4.78 is 13.8. The van der Waals surface area contributed by atoms with Gasteiger partial charge >= 0.3 is 5.97 Å². The number of carboxylic acids is 1. The van der Waals surface area contributed by atoms with Gasteiger partial charge in [0.25, 0.3) is 0 Å². The monoisotopic (exact) mass is 279 g/mol. The van der Waals surface area contributed by atoms with E-state index in [0.29, 0.717) is 22.7 Å². The fourth-order valence-corrected chi connectivity index (χ4v) is 2.81. The molecule has 2 rings (SSSR count). The lowest BCUT2D eigenvalue weighted by Gasteiger charge is -2.00. The van der Waals surface area contributed by atoms with Crippen LogP contribution in [-0.2, 0) is 6.42 Å². The molecule has 1 aromatic heterocycles. The van der Waals surface area contributed by atoms with Crippen molar-refractivity contribution in [2.24, 2.45) is 0 Å². The molecule has 1 aromatic carbocycles. The van der Waals surface area contributed by atoms with Gasteiger partial charge in [0.05, 0.1) is 5.69 Å². The van der Waals surface area contributed by atoms with Gasteiger partial charge < -0.3 is 5.11 Å². The number of aromatic carboxylic acids is 1. The summed E-state index contributed by atoms with van der Waals surface area (Å²) >= 11 is 1.03. The van der Waals surface area contributed by atoms with E-state index in [1.807, 2.05) is 13.8 Å². The van der Waals surface area contributed by atoms with Crippen molar-refractivity contribution in [1.82, 2.24) is 4.98 Å². The van der Waals surface area contributed by atoms with Crippen LogP contribution in [0.2, 0.25) is 0 Å². The largest absolute Gasteiger partial charge is 0.477 e. The van der Waals surface area contributed by atoms with Crippen LogP contribution in [0.1, 0.15) is 34.3 Å². The number of carboxylic acid groups (broad SMARTS) is 1. The second-order valence-electron chi connectivity index (χ2n) is 4.33.